The summed E-state index contributed by atoms with van der Waals surface area (Å²) in [7, 11) is 1.81. The molecule has 0 aliphatic heterocycles. The smallest absolute Gasteiger partial charge is 0.255 e. The zero-order valence-corrected chi connectivity index (χ0v) is 14.1. The third-order valence-corrected chi connectivity index (χ3v) is 3.65. The van der Waals surface area contributed by atoms with Gasteiger partial charge in [0.05, 0.1) is 11.3 Å². The average Bonchev–Trinajstić information content (AvgIpc) is 2.55. The summed E-state index contributed by atoms with van der Waals surface area (Å²) in [6.45, 7) is 5.86. The second-order valence-corrected chi connectivity index (χ2v) is 6.22. The zero-order chi connectivity index (χ0) is 16.7. The Balaban J connectivity index is 1.98. The number of hydrogen-bond donors (Lipinski definition) is 1. The molecule has 1 amide bonds. The van der Waals surface area contributed by atoms with Crippen LogP contribution in [0.25, 0.3) is 0 Å². The normalized spacial score (nSPS) is 10.6. The number of anilines is 1. The first kappa shape index (κ1) is 17.0. The average molecular weight is 311 g/mol. The second kappa shape index (κ2) is 8.32. The molecule has 0 aliphatic rings. The van der Waals surface area contributed by atoms with Crippen LogP contribution in [0.4, 0.5) is 5.69 Å². The Morgan fingerprint density at radius 2 is 1.96 bits per heavy atom. The molecule has 0 bridgehead atoms. The van der Waals surface area contributed by atoms with Crippen molar-refractivity contribution >= 4 is 11.6 Å². The van der Waals surface area contributed by atoms with E-state index in [2.05, 4.69) is 24.1 Å². The standard InChI is InChI=1S/C19H25N3O/c1-15(2)9-10-21-18-11-17(12-20-13-18)19(23)22(3)14-16-7-5-4-6-8-16/h4-8,11-13,15,21H,9-10,14H2,1-3H3. The Bertz CT molecular complexity index is 626. The molecule has 2 aromatic rings. The van der Waals surface area contributed by atoms with Crippen molar-refractivity contribution in [3.63, 3.8) is 0 Å². The Morgan fingerprint density at radius 3 is 2.65 bits per heavy atom. The van der Waals surface area contributed by atoms with Crippen molar-refractivity contribution in [3.05, 3.63) is 59.9 Å². The van der Waals surface area contributed by atoms with Crippen molar-refractivity contribution in [2.75, 3.05) is 18.9 Å². The van der Waals surface area contributed by atoms with Gasteiger partial charge in [-0.1, -0.05) is 44.2 Å². The molecule has 0 saturated carbocycles. The summed E-state index contributed by atoms with van der Waals surface area (Å²) in [6, 6.07) is 11.8. The quantitative estimate of drug-likeness (QED) is 0.845. The molecular weight excluding hydrogens is 286 g/mol. The second-order valence-electron chi connectivity index (χ2n) is 6.22. The van der Waals surface area contributed by atoms with Gasteiger partial charge in [-0.05, 0) is 24.0 Å². The van der Waals surface area contributed by atoms with Crippen LogP contribution in [0.1, 0.15) is 36.2 Å². The van der Waals surface area contributed by atoms with Crippen LogP contribution in [0, 0.1) is 5.92 Å². The first-order valence-corrected chi connectivity index (χ1v) is 8.04. The fourth-order valence-electron chi connectivity index (χ4n) is 2.31. The predicted molar refractivity (Wildman–Crippen MR) is 94.4 cm³/mol. The molecule has 0 spiro atoms. The van der Waals surface area contributed by atoms with E-state index in [1.807, 2.05) is 43.4 Å². The van der Waals surface area contributed by atoms with Crippen LogP contribution >= 0.6 is 0 Å². The van der Waals surface area contributed by atoms with E-state index in [9.17, 15) is 4.79 Å². The number of carbonyl (C=O) groups is 1. The van der Waals surface area contributed by atoms with Crippen molar-refractivity contribution in [2.45, 2.75) is 26.8 Å². The molecule has 2 rings (SSSR count). The van der Waals surface area contributed by atoms with Crippen LogP contribution in [0.5, 0.6) is 0 Å². The molecule has 4 heteroatoms. The number of hydrogen-bond acceptors (Lipinski definition) is 3. The van der Waals surface area contributed by atoms with E-state index in [0.717, 1.165) is 24.2 Å². The van der Waals surface area contributed by atoms with Crippen molar-refractivity contribution in [2.24, 2.45) is 5.92 Å². The van der Waals surface area contributed by atoms with Crippen LogP contribution in [0.3, 0.4) is 0 Å². The summed E-state index contributed by atoms with van der Waals surface area (Å²) in [4.78, 5) is 18.4. The minimum Gasteiger partial charge on any atom is -0.384 e. The van der Waals surface area contributed by atoms with E-state index in [-0.39, 0.29) is 5.91 Å². The van der Waals surface area contributed by atoms with Gasteiger partial charge in [0.1, 0.15) is 0 Å². The molecule has 0 atom stereocenters. The number of rotatable bonds is 7. The number of amides is 1. The Labute approximate surface area is 138 Å². The largest absolute Gasteiger partial charge is 0.384 e. The molecule has 0 unspecified atom stereocenters. The van der Waals surface area contributed by atoms with Gasteiger partial charge in [-0.15, -0.1) is 0 Å². The highest BCUT2D eigenvalue weighted by Gasteiger charge is 2.13. The van der Waals surface area contributed by atoms with Crippen LogP contribution in [-0.4, -0.2) is 29.4 Å². The van der Waals surface area contributed by atoms with Crippen LogP contribution in [0.2, 0.25) is 0 Å². The molecule has 1 aromatic carbocycles. The van der Waals surface area contributed by atoms with E-state index >= 15 is 0 Å². The topological polar surface area (TPSA) is 45.2 Å². The lowest BCUT2D eigenvalue weighted by Crippen LogP contribution is -2.26. The summed E-state index contributed by atoms with van der Waals surface area (Å²) in [5, 5.41) is 3.33. The van der Waals surface area contributed by atoms with E-state index in [0.29, 0.717) is 18.0 Å². The molecule has 1 N–H and O–H groups in total. The highest BCUT2D eigenvalue weighted by Crippen LogP contribution is 2.13. The van der Waals surface area contributed by atoms with Gasteiger partial charge in [0.25, 0.3) is 5.91 Å². The fraction of sp³-hybridized carbons (Fsp3) is 0.368. The minimum absolute atomic E-state index is 0.0196. The number of carbonyl (C=O) groups excluding carboxylic acids is 1. The monoisotopic (exact) mass is 311 g/mol. The van der Waals surface area contributed by atoms with E-state index < -0.39 is 0 Å². The summed E-state index contributed by atoms with van der Waals surface area (Å²) >= 11 is 0. The minimum atomic E-state index is -0.0196. The van der Waals surface area contributed by atoms with Gasteiger partial charge in [-0.25, -0.2) is 0 Å². The molecule has 0 fully saturated rings. The highest BCUT2D eigenvalue weighted by atomic mass is 16.2. The van der Waals surface area contributed by atoms with E-state index in [1.54, 1.807) is 17.3 Å². The maximum atomic E-state index is 12.5. The maximum absolute atomic E-state index is 12.5. The molecule has 1 heterocycles. The number of nitrogens with one attached hydrogen (secondary N) is 1. The zero-order valence-electron chi connectivity index (χ0n) is 14.1. The maximum Gasteiger partial charge on any atom is 0.255 e. The molecular formula is C19H25N3O. The van der Waals surface area contributed by atoms with Gasteiger partial charge in [0.2, 0.25) is 0 Å². The SMILES string of the molecule is CC(C)CCNc1cncc(C(=O)N(C)Cc2ccccc2)c1. The van der Waals surface area contributed by atoms with Crippen molar-refractivity contribution < 1.29 is 4.79 Å². The molecule has 0 saturated heterocycles. The molecule has 122 valence electrons. The molecule has 4 nitrogen and oxygen atoms in total. The van der Waals surface area contributed by atoms with E-state index in [1.165, 1.54) is 0 Å². The lowest BCUT2D eigenvalue weighted by atomic mass is 10.1. The number of pyridine rings is 1. The first-order chi connectivity index (χ1) is 11.1. The molecule has 1 aromatic heterocycles. The predicted octanol–water partition coefficient (Wildman–Crippen LogP) is 3.81. The fourth-order valence-corrected chi connectivity index (χ4v) is 2.31. The van der Waals surface area contributed by atoms with Crippen molar-refractivity contribution in [1.29, 1.82) is 0 Å². The van der Waals surface area contributed by atoms with Crippen LogP contribution < -0.4 is 5.32 Å². The Hall–Kier alpha value is -2.36. The lowest BCUT2D eigenvalue weighted by molar-refractivity contribution is 0.0784. The van der Waals surface area contributed by atoms with E-state index in [4.69, 9.17) is 0 Å². The summed E-state index contributed by atoms with van der Waals surface area (Å²) in [6.07, 6.45) is 4.47. The number of nitrogens with zero attached hydrogens (tertiary/aromatic N) is 2. The Kier molecular flexibility index (Phi) is 6.15. The Morgan fingerprint density at radius 1 is 1.22 bits per heavy atom. The van der Waals surface area contributed by atoms with Gasteiger partial charge < -0.3 is 10.2 Å². The number of benzene rings is 1. The first-order valence-electron chi connectivity index (χ1n) is 8.04. The highest BCUT2D eigenvalue weighted by molar-refractivity contribution is 5.94. The third-order valence-electron chi connectivity index (χ3n) is 3.65. The summed E-state index contributed by atoms with van der Waals surface area (Å²) < 4.78 is 0. The molecule has 0 aliphatic carbocycles. The van der Waals surface area contributed by atoms with Crippen molar-refractivity contribution in [3.8, 4) is 0 Å². The van der Waals surface area contributed by atoms with Crippen LogP contribution in [0.15, 0.2) is 48.8 Å². The summed E-state index contributed by atoms with van der Waals surface area (Å²) in [5.74, 6) is 0.631. The lowest BCUT2D eigenvalue weighted by Gasteiger charge is -2.17. The van der Waals surface area contributed by atoms with Gasteiger partial charge in [0, 0.05) is 32.5 Å². The molecule has 23 heavy (non-hydrogen) atoms. The van der Waals surface area contributed by atoms with Gasteiger partial charge in [-0.2, -0.15) is 0 Å². The number of aromatic nitrogens is 1. The molecule has 0 radical (unpaired) electrons. The van der Waals surface area contributed by atoms with Gasteiger partial charge in [0.15, 0.2) is 0 Å². The summed E-state index contributed by atoms with van der Waals surface area (Å²) in [5.41, 5.74) is 2.62. The van der Waals surface area contributed by atoms with Gasteiger partial charge in [-0.3, -0.25) is 9.78 Å². The van der Waals surface area contributed by atoms with Crippen LogP contribution in [-0.2, 0) is 6.54 Å². The third kappa shape index (κ3) is 5.40. The van der Waals surface area contributed by atoms with Crippen molar-refractivity contribution in [1.82, 2.24) is 9.88 Å². The van der Waals surface area contributed by atoms with Gasteiger partial charge >= 0.3 is 0 Å².